The van der Waals surface area contributed by atoms with Crippen molar-refractivity contribution in [3.05, 3.63) is 29.8 Å². The molecule has 0 heterocycles. The maximum Gasteiger partial charge on any atom is 0.326 e. The zero-order valence-corrected chi connectivity index (χ0v) is 59.6. The van der Waals surface area contributed by atoms with Crippen molar-refractivity contribution in [1.82, 2.24) is 44.9 Å². The number of carboxylic acids is 1. The lowest BCUT2D eigenvalue weighted by Gasteiger charge is -2.40. The lowest BCUT2D eigenvalue weighted by molar-refractivity contribution is -0.170. The molecule has 4 N–H and O–H groups in total. The van der Waals surface area contributed by atoms with Crippen LogP contribution in [-0.2, 0) is 73.4 Å². The second-order valence-corrected chi connectivity index (χ2v) is 26.3. The maximum atomic E-state index is 15.0. The van der Waals surface area contributed by atoms with Gasteiger partial charge in [0.25, 0.3) is 5.91 Å². The first-order valence-corrected chi connectivity index (χ1v) is 31.8. The number of Topliss-reactive ketones (excluding diaryl/α,β-unsaturated/α-hetero) is 1. The summed E-state index contributed by atoms with van der Waals surface area (Å²) in [6.45, 7) is 22.9. The number of likely N-dealkylation sites (N-methyl/N-ethyl adjacent to an activating group) is 7. The molecule has 524 valence electrons. The molecule has 1 aromatic carbocycles. The zero-order chi connectivity index (χ0) is 71.3. The van der Waals surface area contributed by atoms with Crippen LogP contribution in [0.3, 0.4) is 0 Å². The number of aliphatic carboxylic acids is 1. The first-order chi connectivity index (χ1) is 42.6. The predicted molar refractivity (Wildman–Crippen MR) is 347 cm³/mol. The molecule has 1 rings (SSSR count). The molecular formula is C66H113N9O17. The molecule has 0 aliphatic rings. The minimum absolute atomic E-state index is 0.0356. The van der Waals surface area contributed by atoms with Crippen molar-refractivity contribution in [2.45, 2.75) is 189 Å². The minimum Gasteiger partial charge on any atom is -0.497 e. The number of ketones is 1. The van der Waals surface area contributed by atoms with Crippen LogP contribution in [0.2, 0.25) is 0 Å². The van der Waals surface area contributed by atoms with Crippen molar-refractivity contribution in [2.24, 2.45) is 41.4 Å². The fraction of sp³-hybridized carbons (Fsp3) is 0.742. The fourth-order valence-electron chi connectivity index (χ4n) is 11.3. The van der Waals surface area contributed by atoms with Crippen molar-refractivity contribution < 1.29 is 81.9 Å². The minimum atomic E-state index is -1.65. The third-order valence-electron chi connectivity index (χ3n) is 17.3. The van der Waals surface area contributed by atoms with Gasteiger partial charge in [-0.05, 0) is 95.0 Å². The molecule has 0 aliphatic carbocycles. The number of aliphatic hydroxyl groups is 1. The number of ether oxygens (including phenoxy) is 4. The number of hydrogen-bond donors (Lipinski definition) is 4. The van der Waals surface area contributed by atoms with Gasteiger partial charge in [0, 0.05) is 68.8 Å². The molecule has 1 aromatic rings. The summed E-state index contributed by atoms with van der Waals surface area (Å²) >= 11 is 0. The number of rotatable bonds is 39. The van der Waals surface area contributed by atoms with E-state index in [1.54, 1.807) is 64.0 Å². The molecule has 0 fully saturated rings. The Bertz CT molecular complexity index is 2610. The molecule has 0 bridgehead atoms. The van der Waals surface area contributed by atoms with Gasteiger partial charge in [-0.1, -0.05) is 94.7 Å². The van der Waals surface area contributed by atoms with E-state index in [2.05, 4.69) is 10.6 Å². The van der Waals surface area contributed by atoms with E-state index < -0.39 is 155 Å². The fourth-order valence-corrected chi connectivity index (χ4v) is 11.3. The number of carbonyl (C=O) groups excluding carboxylic acids is 10. The summed E-state index contributed by atoms with van der Waals surface area (Å²) < 4.78 is 22.1. The number of esters is 1. The smallest absolute Gasteiger partial charge is 0.326 e. The van der Waals surface area contributed by atoms with Crippen LogP contribution in [0.25, 0.3) is 0 Å². The Morgan fingerprint density at radius 3 is 1.45 bits per heavy atom. The first-order valence-electron chi connectivity index (χ1n) is 31.8. The SMILES string of the molecule is CCC(C)C(C(=O)NC(C)C(=O)N(C)C(CC(C)C)C(=O)NC(Cc1ccc(OC)cc1)C(=O)N(C)C(C)C(=O)O)C(C)C(=O)C(COC)N(C)C(=O)C(C(C)O)N(C)C(=O)C(CC(C)C)N(C)C(=O)C(COC)N(C)C(=O)C(OC(=O)C(C(C)C)N(C)C)C(C)C. The summed E-state index contributed by atoms with van der Waals surface area (Å²) in [5, 5.41) is 26.7. The van der Waals surface area contributed by atoms with E-state index >= 15 is 0 Å². The van der Waals surface area contributed by atoms with Crippen LogP contribution in [-0.4, -0.2) is 267 Å². The van der Waals surface area contributed by atoms with Crippen LogP contribution in [0.4, 0.5) is 0 Å². The molecule has 14 unspecified atom stereocenters. The summed E-state index contributed by atoms with van der Waals surface area (Å²) in [5.74, 6) is -11.5. The second-order valence-electron chi connectivity index (χ2n) is 26.3. The topological polar surface area (TPSA) is 312 Å². The average molecular weight is 1300 g/mol. The molecule has 0 aromatic heterocycles. The number of benzene rings is 1. The maximum absolute atomic E-state index is 15.0. The molecule has 92 heavy (non-hydrogen) atoms. The molecular weight excluding hydrogens is 1190 g/mol. The molecule has 8 amide bonds. The first kappa shape index (κ1) is 83.2. The molecule has 14 atom stereocenters. The van der Waals surface area contributed by atoms with E-state index in [9.17, 15) is 63.0 Å². The van der Waals surface area contributed by atoms with Gasteiger partial charge < -0.3 is 69.2 Å². The quantitative estimate of drug-likeness (QED) is 0.0689. The largest absolute Gasteiger partial charge is 0.497 e. The Morgan fingerprint density at radius 1 is 0.522 bits per heavy atom. The van der Waals surface area contributed by atoms with Crippen LogP contribution in [0, 0.1) is 41.4 Å². The van der Waals surface area contributed by atoms with Crippen LogP contribution in [0.1, 0.15) is 122 Å². The van der Waals surface area contributed by atoms with Gasteiger partial charge in [-0.25, -0.2) is 4.79 Å². The number of aliphatic hydroxyl groups excluding tert-OH is 1. The summed E-state index contributed by atoms with van der Waals surface area (Å²) in [4.78, 5) is 165. The summed E-state index contributed by atoms with van der Waals surface area (Å²) in [6.07, 6.45) is -2.30. The number of methoxy groups -OCH3 is 3. The molecule has 0 spiro atoms. The van der Waals surface area contributed by atoms with E-state index in [1.807, 2.05) is 48.5 Å². The number of hydrogen-bond acceptors (Lipinski definition) is 17. The molecule has 0 radical (unpaired) electrons. The van der Waals surface area contributed by atoms with Crippen molar-refractivity contribution >= 4 is 65.0 Å². The van der Waals surface area contributed by atoms with Crippen molar-refractivity contribution in [3.63, 3.8) is 0 Å². The monoisotopic (exact) mass is 1300 g/mol. The van der Waals surface area contributed by atoms with Gasteiger partial charge in [-0.3, -0.25) is 52.8 Å². The van der Waals surface area contributed by atoms with E-state index in [4.69, 9.17) is 18.9 Å². The Hall–Kier alpha value is -6.77. The predicted octanol–water partition coefficient (Wildman–Crippen LogP) is 3.08. The standard InChI is InChI=1S/C66H113N9O17/c1-26-40(10)52(58(79)67-42(12)59(80)71(18)48(31-36(2)3)57(78)68-47(60(81)70(17)43(13)65(86)87)33-45-27-29-46(91-25)30-28-45)41(11)55(77)50(34-89-23)73(20)63(84)54(44(14)76)75(22)61(82)49(32-37(4)5)72(19)62(83)51(35-90-24)74(21)64(85)56(39(8)9)92-66(88)53(38(6)7)69(15)16/h27-30,36-44,47-54,56,76H,26,31-35H2,1-25H3,(H,67,79)(H,68,78)(H,86,87). The van der Waals surface area contributed by atoms with E-state index in [1.165, 1.54) is 101 Å². The Labute approximate surface area is 547 Å². The lowest BCUT2D eigenvalue weighted by Crippen LogP contribution is -2.62. The normalized spacial score (nSPS) is 16.2. The van der Waals surface area contributed by atoms with Gasteiger partial charge in [0.15, 0.2) is 11.9 Å². The second kappa shape index (κ2) is 38.4. The Balaban J connectivity index is 3.68. The van der Waals surface area contributed by atoms with Crippen LogP contribution < -0.4 is 15.4 Å². The van der Waals surface area contributed by atoms with Crippen molar-refractivity contribution in [1.29, 1.82) is 0 Å². The summed E-state index contributed by atoms with van der Waals surface area (Å²) in [5.41, 5.74) is 0.626. The molecule has 0 saturated carbocycles. The Kier molecular flexibility index (Phi) is 34.8. The molecule has 0 aliphatic heterocycles. The lowest BCUT2D eigenvalue weighted by atomic mass is 9.77. The highest BCUT2D eigenvalue weighted by Gasteiger charge is 2.46. The van der Waals surface area contributed by atoms with E-state index in [0.717, 1.165) is 19.6 Å². The number of nitrogens with zero attached hydrogens (tertiary/aromatic N) is 7. The van der Waals surface area contributed by atoms with Crippen molar-refractivity contribution in [2.75, 3.05) is 90.9 Å². The van der Waals surface area contributed by atoms with Gasteiger partial charge in [0.1, 0.15) is 60.1 Å². The van der Waals surface area contributed by atoms with Gasteiger partial charge in [-0.2, -0.15) is 0 Å². The third kappa shape index (κ3) is 22.8. The van der Waals surface area contributed by atoms with Crippen LogP contribution >= 0.6 is 0 Å². The number of amides is 8. The highest BCUT2D eigenvalue weighted by molar-refractivity contribution is 5.99. The summed E-state index contributed by atoms with van der Waals surface area (Å²) in [7, 11) is 15.7. The van der Waals surface area contributed by atoms with E-state index in [-0.39, 0.29) is 50.2 Å². The van der Waals surface area contributed by atoms with Crippen molar-refractivity contribution in [3.8, 4) is 5.75 Å². The molecule has 26 heteroatoms. The molecule has 0 saturated heterocycles. The number of nitrogens with one attached hydrogen (secondary N) is 2. The van der Waals surface area contributed by atoms with Gasteiger partial charge in [0.05, 0.1) is 32.3 Å². The van der Waals surface area contributed by atoms with Crippen LogP contribution in [0.5, 0.6) is 5.75 Å². The van der Waals surface area contributed by atoms with Gasteiger partial charge in [0.2, 0.25) is 41.4 Å². The Morgan fingerprint density at radius 2 is 1.00 bits per heavy atom. The van der Waals surface area contributed by atoms with E-state index in [0.29, 0.717) is 17.7 Å². The zero-order valence-electron chi connectivity index (χ0n) is 59.6. The van der Waals surface area contributed by atoms with Crippen LogP contribution in [0.15, 0.2) is 24.3 Å². The highest BCUT2D eigenvalue weighted by Crippen LogP contribution is 2.29. The summed E-state index contributed by atoms with van der Waals surface area (Å²) in [6, 6.07) is -4.50. The van der Waals surface area contributed by atoms with Gasteiger partial charge in [-0.15, -0.1) is 0 Å². The molecule has 26 nitrogen and oxygen atoms in total. The number of carboxylic acid groups (broad SMARTS) is 1. The number of carbonyl (C=O) groups is 11. The highest BCUT2D eigenvalue weighted by atomic mass is 16.6. The third-order valence-corrected chi connectivity index (χ3v) is 17.3. The average Bonchev–Trinajstić information content (AvgIpc) is 0.825. The van der Waals surface area contributed by atoms with Gasteiger partial charge >= 0.3 is 11.9 Å².